The molecule has 14 heavy (non-hydrogen) atoms. The van der Waals surface area contributed by atoms with Crippen LogP contribution in [-0.2, 0) is 11.3 Å². The lowest BCUT2D eigenvalue weighted by atomic mass is 10.2. The van der Waals surface area contributed by atoms with Crippen molar-refractivity contribution in [3.8, 4) is 0 Å². The molecule has 2 N–H and O–H groups in total. The molecule has 0 aliphatic heterocycles. The van der Waals surface area contributed by atoms with Crippen LogP contribution in [0.25, 0.3) is 0 Å². The van der Waals surface area contributed by atoms with Gasteiger partial charge in [0, 0.05) is 6.54 Å². The van der Waals surface area contributed by atoms with Gasteiger partial charge in [0.2, 0.25) is 0 Å². The van der Waals surface area contributed by atoms with E-state index in [1.165, 1.54) is 0 Å². The maximum absolute atomic E-state index is 10.7. The summed E-state index contributed by atoms with van der Waals surface area (Å²) in [6.07, 6.45) is 0.599. The Morgan fingerprint density at radius 1 is 1.43 bits per heavy atom. The zero-order chi connectivity index (χ0) is 10.4. The Bertz CT molecular complexity index is 285. The SMILES string of the molecule is CC[C@@H](NCc1ccccc1)C(=O)O. The van der Waals surface area contributed by atoms with Gasteiger partial charge in [0.1, 0.15) is 6.04 Å². The number of hydrogen-bond acceptors (Lipinski definition) is 2. The average Bonchev–Trinajstić information content (AvgIpc) is 2.20. The Balaban J connectivity index is 2.44. The van der Waals surface area contributed by atoms with Crippen LogP contribution in [0.3, 0.4) is 0 Å². The van der Waals surface area contributed by atoms with E-state index in [0.717, 1.165) is 5.56 Å². The second-order valence-corrected chi connectivity index (χ2v) is 3.17. The van der Waals surface area contributed by atoms with Crippen molar-refractivity contribution in [2.45, 2.75) is 25.9 Å². The Hall–Kier alpha value is -1.35. The number of carbonyl (C=O) groups is 1. The Morgan fingerprint density at radius 3 is 2.57 bits per heavy atom. The first kappa shape index (κ1) is 10.7. The van der Waals surface area contributed by atoms with Crippen LogP contribution >= 0.6 is 0 Å². The van der Waals surface area contributed by atoms with E-state index < -0.39 is 12.0 Å². The fourth-order valence-electron chi connectivity index (χ4n) is 1.24. The van der Waals surface area contributed by atoms with Gasteiger partial charge in [-0.2, -0.15) is 0 Å². The largest absolute Gasteiger partial charge is 0.480 e. The Morgan fingerprint density at radius 2 is 2.07 bits per heavy atom. The van der Waals surface area contributed by atoms with Crippen molar-refractivity contribution in [3.63, 3.8) is 0 Å². The molecule has 0 saturated heterocycles. The second kappa shape index (κ2) is 5.40. The molecule has 0 heterocycles. The quantitative estimate of drug-likeness (QED) is 0.747. The Kier molecular flexibility index (Phi) is 4.13. The van der Waals surface area contributed by atoms with Crippen molar-refractivity contribution in [3.05, 3.63) is 35.9 Å². The van der Waals surface area contributed by atoms with Crippen molar-refractivity contribution in [1.29, 1.82) is 0 Å². The summed E-state index contributed by atoms with van der Waals surface area (Å²) in [4.78, 5) is 10.7. The van der Waals surface area contributed by atoms with Gasteiger partial charge in [-0.1, -0.05) is 37.3 Å². The van der Waals surface area contributed by atoms with E-state index in [-0.39, 0.29) is 0 Å². The molecule has 0 aromatic heterocycles. The molecule has 0 amide bonds. The first-order chi connectivity index (χ1) is 6.74. The molecule has 0 unspecified atom stereocenters. The summed E-state index contributed by atoms with van der Waals surface area (Å²) >= 11 is 0. The number of rotatable bonds is 5. The molecule has 1 aromatic rings. The molecule has 0 spiro atoms. The lowest BCUT2D eigenvalue weighted by molar-refractivity contribution is -0.139. The molecule has 1 atom stereocenters. The van der Waals surface area contributed by atoms with Crippen LogP contribution in [0.1, 0.15) is 18.9 Å². The van der Waals surface area contributed by atoms with E-state index in [2.05, 4.69) is 5.32 Å². The third-order valence-electron chi connectivity index (χ3n) is 2.10. The summed E-state index contributed by atoms with van der Waals surface area (Å²) in [5.41, 5.74) is 1.10. The number of hydrogen-bond donors (Lipinski definition) is 2. The van der Waals surface area contributed by atoms with Gasteiger partial charge in [0.15, 0.2) is 0 Å². The fraction of sp³-hybridized carbons (Fsp3) is 0.364. The standard InChI is InChI=1S/C11H15NO2/c1-2-10(11(13)14)12-8-9-6-4-3-5-7-9/h3-7,10,12H,2,8H2,1H3,(H,13,14)/t10-/m1/s1. The molecular weight excluding hydrogens is 178 g/mol. The molecule has 1 aromatic carbocycles. The van der Waals surface area contributed by atoms with Crippen LogP contribution in [-0.4, -0.2) is 17.1 Å². The maximum Gasteiger partial charge on any atom is 0.320 e. The van der Waals surface area contributed by atoms with Crippen LogP contribution in [0.4, 0.5) is 0 Å². The van der Waals surface area contributed by atoms with E-state index in [9.17, 15) is 4.79 Å². The van der Waals surface area contributed by atoms with Crippen molar-refractivity contribution >= 4 is 5.97 Å². The highest BCUT2D eigenvalue weighted by Crippen LogP contribution is 1.99. The average molecular weight is 193 g/mol. The smallest absolute Gasteiger partial charge is 0.320 e. The number of benzene rings is 1. The number of nitrogens with one attached hydrogen (secondary N) is 1. The first-order valence-corrected chi connectivity index (χ1v) is 4.74. The minimum absolute atomic E-state index is 0.449. The zero-order valence-electron chi connectivity index (χ0n) is 8.23. The molecule has 0 saturated carbocycles. The highest BCUT2D eigenvalue weighted by atomic mass is 16.4. The second-order valence-electron chi connectivity index (χ2n) is 3.17. The van der Waals surface area contributed by atoms with Gasteiger partial charge in [-0.05, 0) is 12.0 Å². The topological polar surface area (TPSA) is 49.3 Å². The fourth-order valence-corrected chi connectivity index (χ4v) is 1.24. The highest BCUT2D eigenvalue weighted by Gasteiger charge is 2.12. The van der Waals surface area contributed by atoms with Gasteiger partial charge < -0.3 is 10.4 Å². The van der Waals surface area contributed by atoms with E-state index in [4.69, 9.17) is 5.11 Å². The lowest BCUT2D eigenvalue weighted by Crippen LogP contribution is -2.35. The molecular formula is C11H15NO2. The summed E-state index contributed by atoms with van der Waals surface area (Å²) in [6, 6.07) is 9.33. The normalized spacial score (nSPS) is 12.4. The van der Waals surface area contributed by atoms with Gasteiger partial charge >= 0.3 is 5.97 Å². The van der Waals surface area contributed by atoms with Gasteiger partial charge in [-0.15, -0.1) is 0 Å². The molecule has 3 nitrogen and oxygen atoms in total. The van der Waals surface area contributed by atoms with E-state index in [0.29, 0.717) is 13.0 Å². The van der Waals surface area contributed by atoms with Crippen molar-refractivity contribution in [1.82, 2.24) is 5.32 Å². The van der Waals surface area contributed by atoms with Crippen LogP contribution < -0.4 is 5.32 Å². The molecule has 1 rings (SSSR count). The Labute approximate surface area is 83.8 Å². The summed E-state index contributed by atoms with van der Waals surface area (Å²) in [6.45, 7) is 2.46. The number of carboxylic acids is 1. The monoisotopic (exact) mass is 193 g/mol. The van der Waals surface area contributed by atoms with E-state index >= 15 is 0 Å². The van der Waals surface area contributed by atoms with Crippen LogP contribution in [0.5, 0.6) is 0 Å². The predicted octanol–water partition coefficient (Wildman–Crippen LogP) is 1.64. The molecule has 0 radical (unpaired) electrons. The first-order valence-electron chi connectivity index (χ1n) is 4.74. The minimum Gasteiger partial charge on any atom is -0.480 e. The van der Waals surface area contributed by atoms with Crippen LogP contribution in [0.2, 0.25) is 0 Å². The molecule has 0 aliphatic rings. The molecule has 3 heteroatoms. The van der Waals surface area contributed by atoms with Gasteiger partial charge in [0.05, 0.1) is 0 Å². The number of aliphatic carboxylic acids is 1. The number of carboxylic acid groups (broad SMARTS) is 1. The van der Waals surface area contributed by atoms with Crippen molar-refractivity contribution < 1.29 is 9.90 Å². The maximum atomic E-state index is 10.7. The minimum atomic E-state index is -0.788. The van der Waals surface area contributed by atoms with Crippen LogP contribution in [0.15, 0.2) is 30.3 Å². The van der Waals surface area contributed by atoms with Gasteiger partial charge in [-0.3, -0.25) is 4.79 Å². The predicted molar refractivity (Wildman–Crippen MR) is 55.0 cm³/mol. The van der Waals surface area contributed by atoms with Gasteiger partial charge in [0.25, 0.3) is 0 Å². The zero-order valence-corrected chi connectivity index (χ0v) is 8.23. The van der Waals surface area contributed by atoms with Crippen LogP contribution in [0, 0.1) is 0 Å². The third-order valence-corrected chi connectivity index (χ3v) is 2.10. The molecule has 0 bridgehead atoms. The van der Waals surface area contributed by atoms with E-state index in [1.54, 1.807) is 0 Å². The molecule has 0 aliphatic carbocycles. The highest BCUT2D eigenvalue weighted by molar-refractivity contribution is 5.73. The van der Waals surface area contributed by atoms with Crippen molar-refractivity contribution in [2.75, 3.05) is 0 Å². The third kappa shape index (κ3) is 3.18. The summed E-state index contributed by atoms with van der Waals surface area (Å²) in [5, 5.41) is 11.8. The lowest BCUT2D eigenvalue weighted by Gasteiger charge is -2.11. The van der Waals surface area contributed by atoms with Gasteiger partial charge in [-0.25, -0.2) is 0 Å². The summed E-state index contributed by atoms with van der Waals surface area (Å²) in [7, 11) is 0. The summed E-state index contributed by atoms with van der Waals surface area (Å²) < 4.78 is 0. The van der Waals surface area contributed by atoms with E-state index in [1.807, 2.05) is 37.3 Å². The molecule has 76 valence electrons. The molecule has 0 fully saturated rings. The van der Waals surface area contributed by atoms with Crippen molar-refractivity contribution in [2.24, 2.45) is 0 Å². The summed E-state index contributed by atoms with van der Waals surface area (Å²) in [5.74, 6) is -0.788.